The minimum Gasteiger partial charge on any atom is -0.495 e. The Morgan fingerprint density at radius 1 is 1.25 bits per heavy atom. The molecule has 3 aromatic heterocycles. The van der Waals surface area contributed by atoms with Crippen molar-refractivity contribution in [1.29, 1.82) is 0 Å². The van der Waals surface area contributed by atoms with Gasteiger partial charge >= 0.3 is 0 Å². The Kier molecular flexibility index (Phi) is 4.13. The van der Waals surface area contributed by atoms with Gasteiger partial charge in [0.1, 0.15) is 17.2 Å². The number of nitrogens with zero attached hydrogens (tertiary/aromatic N) is 3. The molecule has 0 saturated carbocycles. The van der Waals surface area contributed by atoms with E-state index in [1.165, 1.54) is 6.07 Å². The number of fused-ring (bicyclic) bond motifs is 1. The van der Waals surface area contributed by atoms with Crippen molar-refractivity contribution in [1.82, 2.24) is 14.4 Å². The van der Waals surface area contributed by atoms with Crippen molar-refractivity contribution in [2.75, 3.05) is 12.8 Å². The highest BCUT2D eigenvalue weighted by atomic mass is 32.2. The van der Waals surface area contributed by atoms with Crippen molar-refractivity contribution in [2.45, 2.75) is 30.4 Å². The van der Waals surface area contributed by atoms with E-state index in [2.05, 4.69) is 30.7 Å². The van der Waals surface area contributed by atoms with Gasteiger partial charge in [0.25, 0.3) is 0 Å². The summed E-state index contributed by atoms with van der Waals surface area (Å²) in [6.45, 7) is 6.40. The van der Waals surface area contributed by atoms with Crippen LogP contribution >= 0.6 is 11.8 Å². The van der Waals surface area contributed by atoms with Crippen molar-refractivity contribution >= 4 is 23.2 Å². The molecule has 0 unspecified atom stereocenters. The van der Waals surface area contributed by atoms with E-state index in [1.807, 2.05) is 16.7 Å². The quantitative estimate of drug-likeness (QED) is 0.573. The van der Waals surface area contributed by atoms with Crippen molar-refractivity contribution in [3.8, 4) is 17.0 Å². The molecular weight excluding hydrogens is 327 g/mol. The molecule has 0 bridgehead atoms. The molecule has 2 N–H and O–H groups in total. The van der Waals surface area contributed by atoms with Crippen molar-refractivity contribution < 1.29 is 9.13 Å². The molecule has 24 heavy (non-hydrogen) atoms. The smallest absolute Gasteiger partial charge is 0.215 e. The highest BCUT2D eigenvalue weighted by Crippen LogP contribution is 2.39. The molecule has 5 nitrogen and oxygen atoms in total. The molecule has 0 aliphatic rings. The first-order valence-corrected chi connectivity index (χ1v) is 8.26. The predicted molar refractivity (Wildman–Crippen MR) is 95.0 cm³/mol. The van der Waals surface area contributed by atoms with E-state index in [-0.39, 0.29) is 10.6 Å². The summed E-state index contributed by atoms with van der Waals surface area (Å²) >= 11 is 1.70. The second-order valence-electron chi connectivity index (χ2n) is 6.40. The Bertz CT molecular complexity index is 881. The van der Waals surface area contributed by atoms with E-state index in [4.69, 9.17) is 10.5 Å². The summed E-state index contributed by atoms with van der Waals surface area (Å²) in [6.07, 6.45) is 3.65. The zero-order valence-electron chi connectivity index (χ0n) is 14.0. The first kappa shape index (κ1) is 16.6. The first-order valence-electron chi connectivity index (χ1n) is 7.44. The Hall–Kier alpha value is -2.28. The van der Waals surface area contributed by atoms with Crippen molar-refractivity contribution in [2.24, 2.45) is 0 Å². The van der Waals surface area contributed by atoms with Crippen LogP contribution in [0.3, 0.4) is 0 Å². The topological polar surface area (TPSA) is 65.4 Å². The number of nitrogen functional groups attached to an aromatic ring is 1. The number of anilines is 1. The summed E-state index contributed by atoms with van der Waals surface area (Å²) in [7, 11) is 1.64. The van der Waals surface area contributed by atoms with Gasteiger partial charge in [-0.05, 0) is 6.07 Å². The van der Waals surface area contributed by atoms with Crippen LogP contribution in [-0.2, 0) is 0 Å². The summed E-state index contributed by atoms with van der Waals surface area (Å²) < 4.78 is 21.0. The van der Waals surface area contributed by atoms with E-state index >= 15 is 0 Å². The first-order chi connectivity index (χ1) is 11.3. The van der Waals surface area contributed by atoms with Crippen LogP contribution < -0.4 is 10.5 Å². The summed E-state index contributed by atoms with van der Waals surface area (Å²) in [5.41, 5.74) is 7.76. The lowest BCUT2D eigenvalue weighted by Gasteiger charge is -2.19. The average Bonchev–Trinajstić information content (AvgIpc) is 2.86. The molecule has 0 radical (unpaired) electrons. The van der Waals surface area contributed by atoms with E-state index in [1.54, 1.807) is 31.1 Å². The zero-order valence-corrected chi connectivity index (χ0v) is 14.8. The summed E-state index contributed by atoms with van der Waals surface area (Å²) in [5, 5.41) is 0. The fourth-order valence-corrected chi connectivity index (χ4v) is 3.49. The molecule has 0 saturated heterocycles. The Morgan fingerprint density at radius 2 is 2.00 bits per heavy atom. The van der Waals surface area contributed by atoms with Gasteiger partial charge in [0.2, 0.25) is 5.95 Å². The summed E-state index contributed by atoms with van der Waals surface area (Å²) in [6, 6.07) is 4.85. The number of thioether (sulfide) groups is 1. The van der Waals surface area contributed by atoms with Crippen molar-refractivity contribution in [3.63, 3.8) is 0 Å². The molecule has 0 amide bonds. The largest absolute Gasteiger partial charge is 0.495 e. The molecule has 126 valence electrons. The molecule has 0 spiro atoms. The van der Waals surface area contributed by atoms with E-state index in [9.17, 15) is 4.39 Å². The monoisotopic (exact) mass is 346 g/mol. The third-order valence-electron chi connectivity index (χ3n) is 3.32. The molecule has 7 heteroatoms. The standard InChI is InChI=1S/C17H19FN4OS/c1-17(2,3)24-13-9-22-11(8-20-16(22)7-12(13)23-4)10-5-14(18)21-15(19)6-10/h5-9H,1-4H3,(H2,19,21). The van der Waals surface area contributed by atoms with Crippen LogP contribution in [0.4, 0.5) is 10.2 Å². The van der Waals surface area contributed by atoms with Crippen LogP contribution in [0.25, 0.3) is 16.9 Å². The molecule has 0 aliphatic heterocycles. The van der Waals surface area contributed by atoms with Crippen LogP contribution in [0.1, 0.15) is 20.8 Å². The summed E-state index contributed by atoms with van der Waals surface area (Å²) in [5.74, 6) is 0.288. The van der Waals surface area contributed by atoms with Crippen LogP contribution in [0.2, 0.25) is 0 Å². The van der Waals surface area contributed by atoms with E-state index in [0.717, 1.165) is 22.0 Å². The maximum atomic E-state index is 13.6. The normalized spacial score (nSPS) is 11.9. The highest BCUT2D eigenvalue weighted by molar-refractivity contribution is 8.00. The Balaban J connectivity index is 2.19. The minimum atomic E-state index is -0.613. The lowest BCUT2D eigenvalue weighted by molar-refractivity contribution is 0.404. The third kappa shape index (κ3) is 3.31. The van der Waals surface area contributed by atoms with E-state index < -0.39 is 5.95 Å². The number of imidazole rings is 1. The van der Waals surface area contributed by atoms with Gasteiger partial charge in [-0.1, -0.05) is 20.8 Å². The minimum absolute atomic E-state index is 0.0227. The molecular formula is C17H19FN4OS. The number of rotatable bonds is 3. The second-order valence-corrected chi connectivity index (χ2v) is 8.26. The number of hydrogen-bond donors (Lipinski definition) is 1. The van der Waals surface area contributed by atoms with Crippen molar-refractivity contribution in [3.05, 3.63) is 36.5 Å². The maximum absolute atomic E-state index is 13.6. The summed E-state index contributed by atoms with van der Waals surface area (Å²) in [4.78, 5) is 8.95. The fourth-order valence-electron chi connectivity index (χ4n) is 2.43. The Morgan fingerprint density at radius 3 is 2.62 bits per heavy atom. The molecule has 3 heterocycles. The highest BCUT2D eigenvalue weighted by Gasteiger charge is 2.18. The second kappa shape index (κ2) is 5.98. The molecule has 0 atom stereocenters. The number of ether oxygens (including phenoxy) is 1. The van der Waals surface area contributed by atoms with Crippen LogP contribution in [0, 0.1) is 5.95 Å². The number of halogens is 1. The number of nitrogens with two attached hydrogens (primary N) is 1. The molecule has 0 aromatic carbocycles. The molecule has 3 aromatic rings. The van der Waals surface area contributed by atoms with Crippen LogP contribution in [0.15, 0.2) is 35.5 Å². The number of hydrogen-bond acceptors (Lipinski definition) is 5. The number of pyridine rings is 2. The molecule has 0 aliphatic carbocycles. The van der Waals surface area contributed by atoms with Crippen LogP contribution in [-0.4, -0.2) is 26.2 Å². The van der Waals surface area contributed by atoms with Gasteiger partial charge in [0.05, 0.1) is 23.9 Å². The average molecular weight is 346 g/mol. The van der Waals surface area contributed by atoms with Gasteiger partial charge in [-0.15, -0.1) is 11.8 Å². The van der Waals surface area contributed by atoms with Gasteiger partial charge in [0.15, 0.2) is 0 Å². The SMILES string of the molecule is COc1cc2ncc(-c3cc(N)nc(F)c3)n2cc1SC(C)(C)C. The Labute approximate surface area is 144 Å². The third-order valence-corrected chi connectivity index (χ3v) is 4.46. The van der Waals surface area contributed by atoms with Gasteiger partial charge < -0.3 is 10.5 Å². The van der Waals surface area contributed by atoms with Gasteiger partial charge in [-0.25, -0.2) is 9.97 Å². The zero-order chi connectivity index (χ0) is 17.5. The van der Waals surface area contributed by atoms with Gasteiger partial charge in [-0.2, -0.15) is 4.39 Å². The fraction of sp³-hybridized carbons (Fsp3) is 0.294. The van der Waals surface area contributed by atoms with Crippen LogP contribution in [0.5, 0.6) is 5.75 Å². The maximum Gasteiger partial charge on any atom is 0.215 e. The van der Waals surface area contributed by atoms with Gasteiger partial charge in [0, 0.05) is 28.6 Å². The number of aromatic nitrogens is 3. The van der Waals surface area contributed by atoms with E-state index in [0.29, 0.717) is 5.56 Å². The molecule has 0 fully saturated rings. The predicted octanol–water partition coefficient (Wildman–Crippen LogP) is 4.02. The number of methoxy groups -OCH3 is 1. The lowest BCUT2D eigenvalue weighted by Crippen LogP contribution is -2.07. The molecule has 3 rings (SSSR count). The lowest BCUT2D eigenvalue weighted by atomic mass is 10.2. The van der Waals surface area contributed by atoms with Gasteiger partial charge in [-0.3, -0.25) is 4.40 Å².